The molecule has 2 aromatic rings. The summed E-state index contributed by atoms with van der Waals surface area (Å²) < 4.78 is 1.43. The van der Waals surface area contributed by atoms with Crippen LogP contribution in [0.1, 0.15) is 28.8 Å². The van der Waals surface area contributed by atoms with E-state index in [-0.39, 0.29) is 17.9 Å². The van der Waals surface area contributed by atoms with Crippen LogP contribution in [-0.2, 0) is 24.7 Å². The average molecular weight is 311 g/mol. The van der Waals surface area contributed by atoms with E-state index in [2.05, 4.69) is 18.0 Å². The first-order valence-corrected chi connectivity index (χ1v) is 7.88. The lowest BCUT2D eigenvalue weighted by Crippen LogP contribution is -2.37. The van der Waals surface area contributed by atoms with E-state index in [1.54, 1.807) is 14.0 Å². The number of rotatable bonds is 2. The first-order valence-electron chi connectivity index (χ1n) is 7.88. The monoisotopic (exact) mass is 311 g/mol. The van der Waals surface area contributed by atoms with E-state index in [4.69, 9.17) is 0 Å². The fourth-order valence-corrected chi connectivity index (χ4v) is 3.10. The van der Waals surface area contributed by atoms with E-state index in [1.807, 2.05) is 17.0 Å². The Morgan fingerprint density at radius 2 is 2.09 bits per heavy atom. The first kappa shape index (κ1) is 15.5. The van der Waals surface area contributed by atoms with Crippen LogP contribution in [0.2, 0.25) is 0 Å². The van der Waals surface area contributed by atoms with Crippen LogP contribution in [0.5, 0.6) is 0 Å². The van der Waals surface area contributed by atoms with Crippen molar-refractivity contribution in [1.29, 1.82) is 0 Å². The third kappa shape index (κ3) is 2.91. The molecule has 0 saturated carbocycles. The Morgan fingerprint density at radius 3 is 2.87 bits per heavy atom. The van der Waals surface area contributed by atoms with Gasteiger partial charge in [0.1, 0.15) is 0 Å². The average Bonchev–Trinajstić information content (AvgIpc) is 2.54. The highest BCUT2D eigenvalue weighted by Gasteiger charge is 2.23. The molecule has 0 aliphatic carbocycles. The van der Waals surface area contributed by atoms with Gasteiger partial charge in [0.05, 0.1) is 18.4 Å². The van der Waals surface area contributed by atoms with Gasteiger partial charge in [0.15, 0.2) is 0 Å². The molecule has 23 heavy (non-hydrogen) atoms. The predicted molar refractivity (Wildman–Crippen MR) is 89.8 cm³/mol. The summed E-state index contributed by atoms with van der Waals surface area (Å²) in [5.41, 5.74) is 4.44. The molecule has 0 N–H and O–H groups in total. The maximum absolute atomic E-state index is 12.7. The molecule has 0 saturated heterocycles. The SMILES string of the molecule is Cc1ccc2c(c1)CCCN2C(=O)Cc1ncn(C)c(=O)c1C. The fraction of sp³-hybridized carbons (Fsp3) is 0.389. The van der Waals surface area contributed by atoms with Gasteiger partial charge in [0.2, 0.25) is 5.91 Å². The number of anilines is 1. The zero-order chi connectivity index (χ0) is 16.6. The Hall–Kier alpha value is -2.43. The molecule has 0 atom stereocenters. The number of hydrogen-bond acceptors (Lipinski definition) is 3. The normalized spacial score (nSPS) is 13.8. The first-order chi connectivity index (χ1) is 11.0. The summed E-state index contributed by atoms with van der Waals surface area (Å²) in [5, 5.41) is 0. The lowest BCUT2D eigenvalue weighted by atomic mass is 9.99. The van der Waals surface area contributed by atoms with Crippen LogP contribution in [-0.4, -0.2) is 22.0 Å². The maximum Gasteiger partial charge on any atom is 0.256 e. The van der Waals surface area contributed by atoms with Gasteiger partial charge in [-0.05, 0) is 38.3 Å². The standard InChI is InChI=1S/C18H21N3O2/c1-12-6-7-16-14(9-12)5-4-8-21(16)17(22)10-15-13(2)18(23)20(3)11-19-15/h6-7,9,11H,4-5,8,10H2,1-3H3. The molecular weight excluding hydrogens is 290 g/mol. The molecule has 1 aliphatic heterocycles. The molecule has 3 rings (SSSR count). The second-order valence-corrected chi connectivity index (χ2v) is 6.19. The molecule has 0 spiro atoms. The highest BCUT2D eigenvalue weighted by molar-refractivity contribution is 5.95. The van der Waals surface area contributed by atoms with Gasteiger partial charge in [-0.25, -0.2) is 4.98 Å². The smallest absolute Gasteiger partial charge is 0.256 e. The second kappa shape index (κ2) is 5.99. The van der Waals surface area contributed by atoms with E-state index in [1.165, 1.54) is 22.0 Å². The molecule has 5 heteroatoms. The number of fused-ring (bicyclic) bond motifs is 1. The summed E-state index contributed by atoms with van der Waals surface area (Å²) in [6.45, 7) is 4.51. The Bertz CT molecular complexity index is 824. The third-order valence-electron chi connectivity index (χ3n) is 4.43. The lowest BCUT2D eigenvalue weighted by Gasteiger charge is -2.30. The molecule has 1 aromatic heterocycles. The lowest BCUT2D eigenvalue weighted by molar-refractivity contribution is -0.118. The molecule has 0 bridgehead atoms. The van der Waals surface area contributed by atoms with Crippen molar-refractivity contribution in [2.24, 2.45) is 7.05 Å². The Balaban J connectivity index is 1.88. The molecule has 5 nitrogen and oxygen atoms in total. The van der Waals surface area contributed by atoms with Crippen LogP contribution in [0.3, 0.4) is 0 Å². The van der Waals surface area contributed by atoms with E-state index in [0.717, 1.165) is 25.1 Å². The number of hydrogen-bond donors (Lipinski definition) is 0. The van der Waals surface area contributed by atoms with Crippen molar-refractivity contribution in [3.8, 4) is 0 Å². The Morgan fingerprint density at radius 1 is 1.30 bits per heavy atom. The van der Waals surface area contributed by atoms with Gasteiger partial charge < -0.3 is 9.47 Å². The van der Waals surface area contributed by atoms with E-state index in [0.29, 0.717) is 11.3 Å². The molecule has 2 heterocycles. The molecular formula is C18H21N3O2. The summed E-state index contributed by atoms with van der Waals surface area (Å²) in [6.07, 6.45) is 3.61. The zero-order valence-corrected chi connectivity index (χ0v) is 13.8. The van der Waals surface area contributed by atoms with Crippen LogP contribution in [0.25, 0.3) is 0 Å². The maximum atomic E-state index is 12.7. The number of amides is 1. The minimum absolute atomic E-state index is 0.00124. The molecule has 0 unspecified atom stereocenters. The van der Waals surface area contributed by atoms with Gasteiger partial charge >= 0.3 is 0 Å². The summed E-state index contributed by atoms with van der Waals surface area (Å²) >= 11 is 0. The van der Waals surface area contributed by atoms with Gasteiger partial charge in [-0.1, -0.05) is 17.7 Å². The van der Waals surface area contributed by atoms with Crippen LogP contribution in [0.15, 0.2) is 29.3 Å². The van der Waals surface area contributed by atoms with Crippen molar-refractivity contribution in [2.75, 3.05) is 11.4 Å². The fourth-order valence-electron chi connectivity index (χ4n) is 3.10. The number of carbonyl (C=O) groups excluding carboxylic acids is 1. The number of aromatic nitrogens is 2. The van der Waals surface area contributed by atoms with Crippen LogP contribution < -0.4 is 10.5 Å². The minimum atomic E-state index is -0.0996. The topological polar surface area (TPSA) is 55.2 Å². The predicted octanol–water partition coefficient (Wildman–Crippen LogP) is 1.92. The quantitative estimate of drug-likeness (QED) is 0.851. The molecule has 1 aromatic carbocycles. The second-order valence-electron chi connectivity index (χ2n) is 6.19. The van der Waals surface area contributed by atoms with Crippen molar-refractivity contribution in [1.82, 2.24) is 9.55 Å². The van der Waals surface area contributed by atoms with Gasteiger partial charge in [0, 0.05) is 24.8 Å². The van der Waals surface area contributed by atoms with E-state index < -0.39 is 0 Å². The Labute approximate surface area is 135 Å². The summed E-state index contributed by atoms with van der Waals surface area (Å²) in [7, 11) is 1.66. The number of nitrogens with zero attached hydrogens (tertiary/aromatic N) is 3. The summed E-state index contributed by atoms with van der Waals surface area (Å²) in [4.78, 5) is 30.8. The number of carbonyl (C=O) groups is 1. The van der Waals surface area contributed by atoms with Gasteiger partial charge in [-0.3, -0.25) is 9.59 Å². The van der Waals surface area contributed by atoms with Crippen molar-refractivity contribution in [3.63, 3.8) is 0 Å². The molecule has 1 aliphatic rings. The highest BCUT2D eigenvalue weighted by Crippen LogP contribution is 2.28. The molecule has 120 valence electrons. The van der Waals surface area contributed by atoms with Crippen LogP contribution >= 0.6 is 0 Å². The largest absolute Gasteiger partial charge is 0.312 e. The number of benzene rings is 1. The van der Waals surface area contributed by atoms with E-state index in [9.17, 15) is 9.59 Å². The minimum Gasteiger partial charge on any atom is -0.312 e. The van der Waals surface area contributed by atoms with Crippen LogP contribution in [0.4, 0.5) is 5.69 Å². The molecule has 1 amide bonds. The van der Waals surface area contributed by atoms with Gasteiger partial charge in [-0.2, -0.15) is 0 Å². The third-order valence-corrected chi connectivity index (χ3v) is 4.43. The molecule has 0 fully saturated rings. The van der Waals surface area contributed by atoms with Crippen molar-refractivity contribution < 1.29 is 4.79 Å². The van der Waals surface area contributed by atoms with Crippen molar-refractivity contribution in [2.45, 2.75) is 33.1 Å². The summed E-state index contributed by atoms with van der Waals surface area (Å²) in [6, 6.07) is 6.20. The Kier molecular flexibility index (Phi) is 4.03. The van der Waals surface area contributed by atoms with Crippen LogP contribution in [0, 0.1) is 13.8 Å². The van der Waals surface area contributed by atoms with Gasteiger partial charge in [-0.15, -0.1) is 0 Å². The summed E-state index contributed by atoms with van der Waals surface area (Å²) in [5.74, 6) is -0.00124. The van der Waals surface area contributed by atoms with Gasteiger partial charge in [0.25, 0.3) is 5.56 Å². The molecule has 0 radical (unpaired) electrons. The van der Waals surface area contributed by atoms with Crippen molar-refractivity contribution >= 4 is 11.6 Å². The van der Waals surface area contributed by atoms with E-state index >= 15 is 0 Å². The van der Waals surface area contributed by atoms with Crippen molar-refractivity contribution in [3.05, 3.63) is 57.3 Å². The highest BCUT2D eigenvalue weighted by atomic mass is 16.2. The number of aryl methyl sites for hydroxylation is 3. The zero-order valence-electron chi connectivity index (χ0n) is 13.8.